The lowest BCUT2D eigenvalue weighted by atomic mass is 10.2. The summed E-state index contributed by atoms with van der Waals surface area (Å²) in [5.41, 5.74) is 1.17. The molecule has 0 fully saturated rings. The molecule has 0 spiro atoms. The first-order valence-corrected chi connectivity index (χ1v) is 9.04. The van der Waals surface area contributed by atoms with Gasteiger partial charge in [-0.2, -0.15) is 0 Å². The Morgan fingerprint density at radius 2 is 1.48 bits per heavy atom. The van der Waals surface area contributed by atoms with E-state index in [1.54, 1.807) is 12.1 Å². The van der Waals surface area contributed by atoms with Gasteiger partial charge in [-0.15, -0.1) is 0 Å². The number of hydrogen-bond acceptors (Lipinski definition) is 3. The quantitative estimate of drug-likeness (QED) is 0.740. The minimum absolute atomic E-state index is 0.118. The van der Waals surface area contributed by atoms with Gasteiger partial charge in [-0.25, -0.2) is 8.42 Å². The van der Waals surface area contributed by atoms with Crippen molar-refractivity contribution in [3.05, 3.63) is 54.1 Å². The largest absolute Gasteiger partial charge is 0.356 e. The van der Waals surface area contributed by atoms with Gasteiger partial charge < -0.3 is 9.79 Å². The van der Waals surface area contributed by atoms with Crippen molar-refractivity contribution in [1.82, 2.24) is 0 Å². The zero-order chi connectivity index (χ0) is 15.7. The highest BCUT2D eigenvalue weighted by molar-refractivity contribution is 7.92. The molecule has 0 aliphatic carbocycles. The van der Waals surface area contributed by atoms with E-state index in [4.69, 9.17) is 9.79 Å². The second-order valence-electron chi connectivity index (χ2n) is 4.51. The Morgan fingerprint density at radius 3 is 1.95 bits per heavy atom. The van der Waals surface area contributed by atoms with Crippen molar-refractivity contribution in [2.75, 3.05) is 4.72 Å². The van der Waals surface area contributed by atoms with Crippen molar-refractivity contribution in [2.45, 2.75) is 11.8 Å². The zero-order valence-corrected chi connectivity index (χ0v) is 12.8. The Kier molecular flexibility index (Phi) is 4.20. The molecule has 6 nitrogen and oxygen atoms in total. The van der Waals surface area contributed by atoms with Crippen LogP contribution in [0.4, 0.5) is 5.69 Å². The van der Waals surface area contributed by atoms with E-state index in [-0.39, 0.29) is 15.9 Å². The highest BCUT2D eigenvalue weighted by Crippen LogP contribution is 2.33. The van der Waals surface area contributed by atoms with E-state index in [0.29, 0.717) is 0 Å². The average Bonchev–Trinajstić information content (AvgIpc) is 2.38. The maximum Gasteiger partial charge on any atom is 0.356 e. The fourth-order valence-electron chi connectivity index (χ4n) is 1.66. The predicted octanol–water partition coefficient (Wildman–Crippen LogP) is 1.60. The van der Waals surface area contributed by atoms with Gasteiger partial charge >= 0.3 is 7.60 Å². The van der Waals surface area contributed by atoms with E-state index in [1.807, 2.05) is 6.92 Å². The maximum atomic E-state index is 12.1. The molecule has 0 aliphatic heterocycles. The number of hydrogen-bond donors (Lipinski definition) is 3. The minimum Gasteiger partial charge on any atom is -0.321 e. The van der Waals surface area contributed by atoms with E-state index in [9.17, 15) is 13.0 Å². The van der Waals surface area contributed by atoms with Crippen LogP contribution in [0.2, 0.25) is 0 Å². The Balaban J connectivity index is 2.25. The van der Waals surface area contributed by atoms with Gasteiger partial charge in [-0.05, 0) is 43.3 Å². The Labute approximate surface area is 122 Å². The molecule has 112 valence electrons. The van der Waals surface area contributed by atoms with Crippen molar-refractivity contribution >= 4 is 28.6 Å². The second-order valence-corrected chi connectivity index (χ2v) is 7.80. The molecule has 2 rings (SSSR count). The summed E-state index contributed by atoms with van der Waals surface area (Å²) in [6.07, 6.45) is 0. The summed E-state index contributed by atoms with van der Waals surface area (Å²) in [5, 5.41) is -0.166. The molecule has 2 aromatic carbocycles. The van der Waals surface area contributed by atoms with E-state index < -0.39 is 17.6 Å². The van der Waals surface area contributed by atoms with Crippen LogP contribution in [0, 0.1) is 6.92 Å². The normalized spacial score (nSPS) is 12.1. The lowest BCUT2D eigenvalue weighted by molar-refractivity contribution is 0.387. The van der Waals surface area contributed by atoms with Crippen LogP contribution in [0.25, 0.3) is 0 Å². The lowest BCUT2D eigenvalue weighted by Gasteiger charge is -2.09. The maximum absolute atomic E-state index is 12.1. The first-order chi connectivity index (χ1) is 9.68. The van der Waals surface area contributed by atoms with Gasteiger partial charge in [-0.3, -0.25) is 9.29 Å². The summed E-state index contributed by atoms with van der Waals surface area (Å²) in [6, 6.07) is 11.3. The van der Waals surface area contributed by atoms with E-state index >= 15 is 0 Å². The molecule has 3 N–H and O–H groups in total. The monoisotopic (exact) mass is 327 g/mol. The number of anilines is 1. The number of nitrogens with one attached hydrogen (secondary N) is 1. The third-order valence-corrected chi connectivity index (χ3v) is 5.16. The van der Waals surface area contributed by atoms with E-state index in [0.717, 1.165) is 5.56 Å². The van der Waals surface area contributed by atoms with E-state index in [1.165, 1.54) is 36.4 Å². The van der Waals surface area contributed by atoms with Gasteiger partial charge in [0.25, 0.3) is 10.0 Å². The smallest absolute Gasteiger partial charge is 0.321 e. The van der Waals surface area contributed by atoms with Gasteiger partial charge in [0.05, 0.1) is 10.2 Å². The fourth-order valence-corrected chi connectivity index (χ4v) is 3.25. The Morgan fingerprint density at radius 1 is 0.952 bits per heavy atom. The van der Waals surface area contributed by atoms with Crippen LogP contribution in [0.3, 0.4) is 0 Å². The van der Waals surface area contributed by atoms with Crippen LogP contribution in [0.15, 0.2) is 53.4 Å². The second kappa shape index (κ2) is 5.61. The molecule has 0 unspecified atom stereocenters. The number of rotatable bonds is 4. The third-order valence-electron chi connectivity index (χ3n) is 2.79. The molecule has 0 aliphatic rings. The molecule has 2 aromatic rings. The lowest BCUT2D eigenvalue weighted by Crippen LogP contribution is -2.13. The van der Waals surface area contributed by atoms with Gasteiger partial charge in [0.15, 0.2) is 0 Å². The number of sulfonamides is 1. The fraction of sp³-hybridized carbons (Fsp3) is 0.0769. The first kappa shape index (κ1) is 15.7. The van der Waals surface area contributed by atoms with Crippen LogP contribution in [0.1, 0.15) is 5.56 Å². The summed E-state index contributed by atoms with van der Waals surface area (Å²) in [6.45, 7) is 1.85. The number of benzene rings is 2. The minimum atomic E-state index is -4.33. The van der Waals surface area contributed by atoms with E-state index in [2.05, 4.69) is 4.72 Å². The molecule has 0 heterocycles. The van der Waals surface area contributed by atoms with Crippen LogP contribution in [-0.2, 0) is 14.6 Å². The predicted molar refractivity (Wildman–Crippen MR) is 80.1 cm³/mol. The van der Waals surface area contributed by atoms with Crippen LogP contribution in [-0.4, -0.2) is 18.2 Å². The summed E-state index contributed by atoms with van der Waals surface area (Å²) in [7, 11) is -8.05. The number of aryl methyl sites for hydroxylation is 1. The highest BCUT2D eigenvalue weighted by Gasteiger charge is 2.18. The molecule has 8 heteroatoms. The van der Waals surface area contributed by atoms with Crippen LogP contribution < -0.4 is 10.0 Å². The summed E-state index contributed by atoms with van der Waals surface area (Å²) < 4.78 is 37.7. The zero-order valence-electron chi connectivity index (χ0n) is 11.1. The molecule has 0 aromatic heterocycles. The average molecular weight is 327 g/mol. The van der Waals surface area contributed by atoms with Gasteiger partial charge in [-0.1, -0.05) is 17.7 Å². The summed E-state index contributed by atoms with van der Waals surface area (Å²) >= 11 is 0. The molecule has 0 bridgehead atoms. The first-order valence-electron chi connectivity index (χ1n) is 5.94. The van der Waals surface area contributed by atoms with Crippen LogP contribution >= 0.6 is 7.60 Å². The molecule has 21 heavy (non-hydrogen) atoms. The third kappa shape index (κ3) is 3.92. The Hall–Kier alpha value is -1.66. The SMILES string of the molecule is Cc1ccc(S(=O)(=O)Nc2ccc(P(=O)(O)O)cc2)cc1. The molecule has 0 saturated heterocycles. The molecule has 0 amide bonds. The standard InChI is InChI=1S/C13H14NO5PS/c1-10-2-8-13(9-3-10)21(18,19)14-11-4-6-12(7-5-11)20(15,16)17/h2-9,14H,1H3,(H2,15,16,17). The highest BCUT2D eigenvalue weighted by atomic mass is 32.2. The van der Waals surface area contributed by atoms with Gasteiger partial charge in [0.2, 0.25) is 0 Å². The van der Waals surface area contributed by atoms with Crippen molar-refractivity contribution in [3.63, 3.8) is 0 Å². The van der Waals surface area contributed by atoms with Gasteiger partial charge in [0.1, 0.15) is 0 Å². The molecular formula is C13H14NO5PS. The van der Waals surface area contributed by atoms with Crippen molar-refractivity contribution in [3.8, 4) is 0 Å². The Bertz CT molecular complexity index is 778. The van der Waals surface area contributed by atoms with Crippen molar-refractivity contribution in [1.29, 1.82) is 0 Å². The molecule has 0 radical (unpaired) electrons. The topological polar surface area (TPSA) is 104 Å². The summed E-state index contributed by atoms with van der Waals surface area (Å²) in [4.78, 5) is 18.1. The van der Waals surface area contributed by atoms with Crippen LogP contribution in [0.5, 0.6) is 0 Å². The van der Waals surface area contributed by atoms with Crippen molar-refractivity contribution < 1.29 is 22.8 Å². The summed E-state index contributed by atoms with van der Waals surface area (Å²) in [5.74, 6) is 0. The molecule has 0 atom stereocenters. The molecular weight excluding hydrogens is 313 g/mol. The van der Waals surface area contributed by atoms with Crippen molar-refractivity contribution in [2.24, 2.45) is 0 Å². The molecule has 0 saturated carbocycles. The van der Waals surface area contributed by atoms with Gasteiger partial charge in [0, 0.05) is 5.69 Å².